The summed E-state index contributed by atoms with van der Waals surface area (Å²) in [6.07, 6.45) is 10.0. The van der Waals surface area contributed by atoms with Gasteiger partial charge in [-0.25, -0.2) is 21.3 Å². The van der Waals surface area contributed by atoms with E-state index in [1.807, 2.05) is 12.2 Å². The summed E-state index contributed by atoms with van der Waals surface area (Å²) in [5.41, 5.74) is 0. The molecule has 0 aromatic heterocycles. The molecule has 0 saturated heterocycles. The molecule has 6 heteroatoms. The van der Waals surface area contributed by atoms with Crippen LogP contribution in [0.2, 0.25) is 0 Å². The molecular formula is C19H29Cl2O2PZr-6. The first kappa shape index (κ1) is 44.2. The van der Waals surface area contributed by atoms with E-state index in [2.05, 4.69) is 58.8 Å². The van der Waals surface area contributed by atoms with Crippen molar-refractivity contribution < 1.29 is 33.4 Å². The van der Waals surface area contributed by atoms with Crippen LogP contribution >= 0.6 is 33.2 Å². The minimum atomic E-state index is -1.42. The van der Waals surface area contributed by atoms with Crippen molar-refractivity contribution in [2.24, 2.45) is 0 Å². The third kappa shape index (κ3) is 23.5. The van der Waals surface area contributed by atoms with Gasteiger partial charge in [0.1, 0.15) is 0 Å². The van der Waals surface area contributed by atoms with Gasteiger partial charge in [-0.2, -0.15) is 23.6 Å². The van der Waals surface area contributed by atoms with Crippen LogP contribution in [0.3, 0.4) is 0 Å². The van der Waals surface area contributed by atoms with Gasteiger partial charge in [-0.05, 0) is 0 Å². The first-order valence-electron chi connectivity index (χ1n) is 5.55. The van der Waals surface area contributed by atoms with Gasteiger partial charge in [0.15, 0.2) is 0 Å². The van der Waals surface area contributed by atoms with Crippen LogP contribution in [0, 0.1) is 35.8 Å². The fraction of sp³-hybridized carbons (Fsp3) is 0.0526. The maximum atomic E-state index is 8.40. The van der Waals surface area contributed by atoms with Gasteiger partial charge >= 0.3 is 36.8 Å². The van der Waals surface area contributed by atoms with Gasteiger partial charge in [0.25, 0.3) is 0 Å². The van der Waals surface area contributed by atoms with E-state index in [0.29, 0.717) is 0 Å². The number of fused-ring (bicyclic) bond motifs is 1. The van der Waals surface area contributed by atoms with Crippen molar-refractivity contribution in [3.05, 3.63) is 96.5 Å². The predicted molar refractivity (Wildman–Crippen MR) is 118 cm³/mol. The molecule has 2 aromatic carbocycles. The molecule has 3 rings (SSSR count). The van der Waals surface area contributed by atoms with Crippen molar-refractivity contribution in [2.45, 2.75) is 6.42 Å². The Bertz CT molecular complexity index is 523. The molecule has 146 valence electrons. The molecule has 0 spiro atoms. The number of hydrogen-bond donors (Lipinski definition) is 0. The van der Waals surface area contributed by atoms with Crippen LogP contribution in [0.4, 0.5) is 0 Å². The maximum Gasteiger partial charge on any atom is -0.0809 e. The van der Waals surface area contributed by atoms with E-state index in [1.54, 1.807) is 0 Å². The molecule has 2 aromatic rings. The van der Waals surface area contributed by atoms with Gasteiger partial charge in [-0.15, -0.1) is 60.9 Å². The molecule has 0 heterocycles. The molecule has 2 nitrogen and oxygen atoms in total. The number of hydrogen-bond acceptors (Lipinski definition) is 2. The number of allylic oxidation sites excluding steroid dienone is 4. The third-order valence-corrected chi connectivity index (χ3v) is 2.13. The minimum Gasteiger partial charge on any atom is -0.358 e. The van der Waals surface area contributed by atoms with Crippen molar-refractivity contribution in [3.63, 3.8) is 0 Å². The van der Waals surface area contributed by atoms with Crippen molar-refractivity contribution >= 4 is 48.1 Å². The summed E-state index contributed by atoms with van der Waals surface area (Å²) in [5, 5.41) is 2.66. The van der Waals surface area contributed by atoms with Crippen LogP contribution in [-0.4, -0.2) is 4.21 Å². The average molecular weight is 483 g/mol. The van der Waals surface area contributed by atoms with E-state index < -0.39 is 8.34 Å². The quantitative estimate of drug-likeness (QED) is 0.305. The Morgan fingerprint density at radius 3 is 1.88 bits per heavy atom. The van der Waals surface area contributed by atoms with E-state index in [4.69, 9.17) is 9.13 Å². The van der Waals surface area contributed by atoms with Crippen LogP contribution < -0.4 is 0 Å². The van der Waals surface area contributed by atoms with Crippen LogP contribution in [-0.2, 0) is 33.4 Å². The van der Waals surface area contributed by atoms with Crippen molar-refractivity contribution in [1.29, 1.82) is 0 Å². The first-order chi connectivity index (χ1) is 9.38. The van der Waals surface area contributed by atoms with Crippen LogP contribution in [0.5, 0.6) is 0 Å². The van der Waals surface area contributed by atoms with E-state index >= 15 is 0 Å². The van der Waals surface area contributed by atoms with E-state index in [0.717, 1.165) is 6.42 Å². The van der Waals surface area contributed by atoms with Crippen molar-refractivity contribution in [1.82, 2.24) is 0 Å². The Kier molecular flexibility index (Phi) is 61.5. The molecule has 1 aliphatic rings. The summed E-state index contributed by atoms with van der Waals surface area (Å²) < 4.78 is 20.1. The van der Waals surface area contributed by atoms with Gasteiger partial charge in [0.05, 0.1) is 0 Å². The second-order valence-corrected chi connectivity index (χ2v) is 3.41. The Morgan fingerprint density at radius 2 is 1.52 bits per heavy atom. The van der Waals surface area contributed by atoms with Gasteiger partial charge < -0.3 is 29.7 Å². The Hall–Kier alpha value is -0.457. The second kappa shape index (κ2) is 34.8. The summed E-state index contributed by atoms with van der Waals surface area (Å²) in [6, 6.07) is 14.7. The van der Waals surface area contributed by atoms with Crippen molar-refractivity contribution in [3.8, 4) is 0 Å². The van der Waals surface area contributed by atoms with E-state index in [-0.39, 0.29) is 54.5 Å². The Labute approximate surface area is 183 Å². The van der Waals surface area contributed by atoms with Crippen LogP contribution in [0.1, 0.15) is 6.42 Å². The molecular weight excluding hydrogens is 453 g/mol. The smallest absolute Gasteiger partial charge is 0.0809 e. The zero-order chi connectivity index (χ0) is 14.3. The number of benzene rings is 1. The van der Waals surface area contributed by atoms with E-state index in [9.17, 15) is 0 Å². The molecule has 0 atom stereocenters. The molecule has 0 saturated carbocycles. The average Bonchev–Trinajstić information content (AvgIpc) is 3.16. The minimum absolute atomic E-state index is 0. The van der Waals surface area contributed by atoms with Gasteiger partial charge in [-0.3, -0.25) is 6.08 Å². The molecule has 0 fully saturated rings. The molecule has 0 aliphatic heterocycles. The van der Waals surface area contributed by atoms with E-state index in [1.165, 1.54) is 35.0 Å². The largest absolute Gasteiger partial charge is 0.358 e. The molecule has 0 amide bonds. The predicted octanol–water partition coefficient (Wildman–Crippen LogP) is 6.83. The zero-order valence-corrected chi connectivity index (χ0v) is 20.4. The SMILES string of the molecule is Cl.Cl.O=[PH]=O.[C-]1=CC=CC1.[CH2]=[Zr].[CH3-].[CH3-].[CH3-].[CH3-].c1ccc2[cH-]ccc2c1. The molecule has 25 heavy (non-hydrogen) atoms. The summed E-state index contributed by atoms with van der Waals surface area (Å²) in [7, 11) is -1.42. The Morgan fingerprint density at radius 1 is 1.00 bits per heavy atom. The molecule has 0 unspecified atom stereocenters. The van der Waals surface area contributed by atoms with Gasteiger partial charge in [-0.1, -0.05) is 6.07 Å². The number of rotatable bonds is 0. The summed E-state index contributed by atoms with van der Waals surface area (Å²) in [5.74, 6) is 0. The zero-order valence-electron chi connectivity index (χ0n) is 15.3. The standard InChI is InChI=1S/C9H7.C5H5.4CH3.CH2.2ClH.HO2P.Zr/c1-2-5-9-7-3-6-8(9)4-1;1-2-4-5-3-1;;;;;;;;1-3-2;/h1-7H;1-3H,4H2;4*1H3;1H2;2*1H;3H;/q6*-1;;;;;. The fourth-order valence-corrected chi connectivity index (χ4v) is 1.41. The molecule has 0 radical (unpaired) electrons. The topological polar surface area (TPSA) is 34.1 Å². The molecule has 1 aliphatic carbocycles. The molecule has 0 N–H and O–H groups in total. The first-order valence-corrected chi connectivity index (χ1v) is 8.10. The Balaban J connectivity index is -0.0000000363. The summed E-state index contributed by atoms with van der Waals surface area (Å²) in [4.78, 5) is 0. The fourth-order valence-electron chi connectivity index (χ4n) is 1.41. The maximum absolute atomic E-state index is 8.40. The van der Waals surface area contributed by atoms with Gasteiger partial charge in [0, 0.05) is 0 Å². The monoisotopic (exact) mass is 480 g/mol. The summed E-state index contributed by atoms with van der Waals surface area (Å²) in [6.45, 7) is 0. The number of halogens is 2. The normalized spacial score (nSPS) is 7.80. The second-order valence-electron chi connectivity index (χ2n) is 3.24. The van der Waals surface area contributed by atoms with Crippen LogP contribution in [0.15, 0.2) is 60.7 Å². The molecule has 0 bridgehead atoms. The van der Waals surface area contributed by atoms with Crippen LogP contribution in [0.25, 0.3) is 10.8 Å². The summed E-state index contributed by atoms with van der Waals surface area (Å²) >= 11 is 1.30. The third-order valence-electron chi connectivity index (χ3n) is 2.13. The van der Waals surface area contributed by atoms with Gasteiger partial charge in [0.2, 0.25) is 0 Å². The van der Waals surface area contributed by atoms with Crippen molar-refractivity contribution in [2.75, 3.05) is 0 Å².